The number of carboxylic acids is 1. The molecule has 0 radical (unpaired) electrons. The Kier molecular flexibility index (Phi) is 7.64. The molecule has 1 aliphatic carbocycles. The predicted molar refractivity (Wildman–Crippen MR) is 132 cm³/mol. The molecule has 5 nitrogen and oxygen atoms in total. The molecule has 4 rings (SSSR count). The van der Waals surface area contributed by atoms with Crippen molar-refractivity contribution >= 4 is 11.7 Å². The van der Waals surface area contributed by atoms with Crippen LogP contribution in [0.15, 0.2) is 60.9 Å². The van der Waals surface area contributed by atoms with Gasteiger partial charge in [0.2, 0.25) is 0 Å². The molecule has 0 saturated heterocycles. The number of rotatable bonds is 9. The smallest absolute Gasteiger partial charge is 0.417 e. The van der Waals surface area contributed by atoms with E-state index >= 15 is 0 Å². The zero-order chi connectivity index (χ0) is 25.9. The number of alkyl halides is 3. The minimum absolute atomic E-state index is 0.0330. The van der Waals surface area contributed by atoms with Crippen LogP contribution in [-0.4, -0.2) is 27.4 Å². The number of aliphatic carboxylic acids is 1. The first kappa shape index (κ1) is 25.7. The van der Waals surface area contributed by atoms with Crippen LogP contribution in [0.4, 0.5) is 18.9 Å². The van der Waals surface area contributed by atoms with E-state index in [4.69, 9.17) is 5.11 Å². The zero-order valence-corrected chi connectivity index (χ0v) is 19.9. The summed E-state index contributed by atoms with van der Waals surface area (Å²) in [6.07, 6.45) is 0.374. The van der Waals surface area contributed by atoms with Gasteiger partial charge in [-0.2, -0.15) is 13.2 Å². The number of halogens is 3. The highest BCUT2D eigenvalue weighted by Gasteiger charge is 2.34. The number of aryl methyl sites for hydroxylation is 1. The number of benzene rings is 2. The molecule has 0 bridgehead atoms. The van der Waals surface area contributed by atoms with Gasteiger partial charge in [0.1, 0.15) is 6.23 Å². The van der Waals surface area contributed by atoms with Crippen LogP contribution in [0, 0.1) is 12.8 Å². The van der Waals surface area contributed by atoms with Crippen molar-refractivity contribution in [3.05, 3.63) is 83.2 Å². The summed E-state index contributed by atoms with van der Waals surface area (Å²) in [7, 11) is 0. The van der Waals surface area contributed by atoms with E-state index in [1.807, 2.05) is 37.3 Å². The van der Waals surface area contributed by atoms with Crippen molar-refractivity contribution in [3.63, 3.8) is 0 Å². The van der Waals surface area contributed by atoms with E-state index in [9.17, 15) is 23.1 Å². The van der Waals surface area contributed by atoms with Crippen molar-refractivity contribution in [2.75, 3.05) is 5.32 Å². The van der Waals surface area contributed by atoms with Gasteiger partial charge < -0.3 is 15.5 Å². The van der Waals surface area contributed by atoms with E-state index in [1.54, 1.807) is 12.1 Å². The summed E-state index contributed by atoms with van der Waals surface area (Å²) in [4.78, 5) is 14.7. The normalized spacial score (nSPS) is 15.7. The van der Waals surface area contributed by atoms with Crippen LogP contribution in [0.5, 0.6) is 0 Å². The molecule has 36 heavy (non-hydrogen) atoms. The van der Waals surface area contributed by atoms with Crippen LogP contribution in [0.1, 0.15) is 53.9 Å². The Morgan fingerprint density at radius 3 is 2.44 bits per heavy atom. The van der Waals surface area contributed by atoms with E-state index < -0.39 is 23.9 Å². The summed E-state index contributed by atoms with van der Waals surface area (Å²) in [6, 6.07) is 13.9. The summed E-state index contributed by atoms with van der Waals surface area (Å²) >= 11 is 0. The Morgan fingerprint density at radius 1 is 1.11 bits per heavy atom. The van der Waals surface area contributed by atoms with Gasteiger partial charge in [-0.15, -0.1) is 0 Å². The summed E-state index contributed by atoms with van der Waals surface area (Å²) in [5, 5.41) is 23.5. The van der Waals surface area contributed by atoms with Gasteiger partial charge in [0.05, 0.1) is 5.56 Å². The van der Waals surface area contributed by atoms with E-state index in [2.05, 4.69) is 10.3 Å². The van der Waals surface area contributed by atoms with E-state index in [-0.39, 0.29) is 18.3 Å². The van der Waals surface area contributed by atoms with Gasteiger partial charge in [-0.3, -0.25) is 9.78 Å². The number of aliphatic hydroxyl groups is 1. The monoisotopic (exact) mass is 498 g/mol. The molecule has 2 unspecified atom stereocenters. The second-order valence-electron chi connectivity index (χ2n) is 9.37. The second kappa shape index (κ2) is 10.7. The molecule has 2 aromatic carbocycles. The van der Waals surface area contributed by atoms with Crippen LogP contribution in [-0.2, 0) is 17.4 Å². The number of aliphatic hydroxyl groups excluding tert-OH is 1. The molecule has 0 aliphatic heterocycles. The van der Waals surface area contributed by atoms with Crippen molar-refractivity contribution in [2.24, 2.45) is 5.92 Å². The van der Waals surface area contributed by atoms with Gasteiger partial charge in [0.15, 0.2) is 0 Å². The highest BCUT2D eigenvalue weighted by Crippen LogP contribution is 2.42. The molecule has 8 heteroatoms. The fraction of sp³-hybridized carbons (Fsp3) is 0.357. The molecule has 190 valence electrons. The topological polar surface area (TPSA) is 82.5 Å². The molecule has 1 heterocycles. The fourth-order valence-electron chi connectivity index (χ4n) is 4.76. The summed E-state index contributed by atoms with van der Waals surface area (Å²) in [5.41, 5.74) is 3.67. The quantitative estimate of drug-likeness (QED) is 0.297. The first-order chi connectivity index (χ1) is 17.1. The molecule has 1 aliphatic rings. The second-order valence-corrected chi connectivity index (χ2v) is 9.37. The lowest BCUT2D eigenvalue weighted by Gasteiger charge is -2.37. The Morgan fingerprint density at radius 2 is 1.83 bits per heavy atom. The zero-order valence-electron chi connectivity index (χ0n) is 19.9. The number of anilines is 1. The SMILES string of the molecule is Cc1c(CCC(=O)O)cccc1NC(O)C(c1ccc(-c2cncc(C(F)(F)F)c2)cc1)C1CCC1. The standard InChI is InChI=1S/C28H29F3N2O3/c1-17-18(12-13-25(34)35)4-3-7-24(17)33-27(36)26(20-5-2-6-20)21-10-8-19(9-11-21)22-14-23(16-32-15-22)28(29,30)31/h3-4,7-11,14-16,20,26-27,33,36H,2,5-6,12-13H2,1H3,(H,34,35). The number of pyridine rings is 1. The van der Waals surface area contributed by atoms with Crippen molar-refractivity contribution in [1.29, 1.82) is 0 Å². The molecule has 0 spiro atoms. The molecule has 1 fully saturated rings. The van der Waals surface area contributed by atoms with Crippen LogP contribution in [0.2, 0.25) is 0 Å². The molecule has 2 atom stereocenters. The van der Waals surface area contributed by atoms with Crippen LogP contribution in [0.25, 0.3) is 11.1 Å². The van der Waals surface area contributed by atoms with E-state index in [1.165, 1.54) is 6.20 Å². The Hall–Kier alpha value is -3.39. The van der Waals surface area contributed by atoms with Crippen LogP contribution in [0.3, 0.4) is 0 Å². The maximum Gasteiger partial charge on any atom is 0.417 e. The number of hydrogen-bond donors (Lipinski definition) is 3. The van der Waals surface area contributed by atoms with Gasteiger partial charge >= 0.3 is 12.1 Å². The summed E-state index contributed by atoms with van der Waals surface area (Å²) in [6.45, 7) is 1.91. The number of carbonyl (C=O) groups is 1. The van der Waals surface area contributed by atoms with E-state index in [0.717, 1.165) is 53.9 Å². The van der Waals surface area contributed by atoms with Crippen LogP contribution >= 0.6 is 0 Å². The summed E-state index contributed by atoms with van der Waals surface area (Å²) in [5.74, 6) is -0.777. The maximum atomic E-state index is 13.1. The Labute approximate surface area is 208 Å². The minimum Gasteiger partial charge on any atom is -0.481 e. The Balaban J connectivity index is 1.55. The maximum absolute atomic E-state index is 13.1. The number of nitrogens with one attached hydrogen (secondary N) is 1. The lowest BCUT2D eigenvalue weighted by atomic mass is 9.72. The third kappa shape index (κ3) is 5.87. The molecule has 3 aromatic rings. The van der Waals surface area contributed by atoms with Crippen molar-refractivity contribution in [2.45, 2.75) is 57.3 Å². The largest absolute Gasteiger partial charge is 0.481 e. The Bertz CT molecular complexity index is 1210. The number of aromatic nitrogens is 1. The summed E-state index contributed by atoms with van der Waals surface area (Å²) < 4.78 is 39.3. The molecular weight excluding hydrogens is 469 g/mol. The first-order valence-electron chi connectivity index (χ1n) is 12.0. The first-order valence-corrected chi connectivity index (χ1v) is 12.0. The van der Waals surface area contributed by atoms with Gasteiger partial charge in [-0.1, -0.05) is 42.8 Å². The number of hydrogen-bond acceptors (Lipinski definition) is 4. The molecule has 1 aromatic heterocycles. The van der Waals surface area contributed by atoms with Crippen molar-refractivity contribution < 1.29 is 28.2 Å². The van der Waals surface area contributed by atoms with E-state index in [0.29, 0.717) is 17.5 Å². The number of nitrogens with zero attached hydrogens (tertiary/aromatic N) is 1. The van der Waals surface area contributed by atoms with Crippen LogP contribution < -0.4 is 5.32 Å². The van der Waals surface area contributed by atoms with Gasteiger partial charge in [-0.05, 0) is 66.5 Å². The van der Waals surface area contributed by atoms with Crippen molar-refractivity contribution in [3.8, 4) is 11.1 Å². The van der Waals surface area contributed by atoms with Gasteiger partial charge in [0, 0.05) is 36.0 Å². The third-order valence-corrected chi connectivity index (χ3v) is 7.05. The van der Waals surface area contributed by atoms with Gasteiger partial charge in [0.25, 0.3) is 0 Å². The number of carboxylic acid groups (broad SMARTS) is 1. The fourth-order valence-corrected chi connectivity index (χ4v) is 4.76. The molecule has 1 saturated carbocycles. The average Bonchev–Trinajstić information content (AvgIpc) is 2.81. The highest BCUT2D eigenvalue weighted by atomic mass is 19.4. The van der Waals surface area contributed by atoms with Gasteiger partial charge in [-0.25, -0.2) is 0 Å². The average molecular weight is 499 g/mol. The molecule has 3 N–H and O–H groups in total. The minimum atomic E-state index is -4.46. The predicted octanol–water partition coefficient (Wildman–Crippen LogP) is 6.41. The highest BCUT2D eigenvalue weighted by molar-refractivity contribution is 5.67. The molecule has 0 amide bonds. The lowest BCUT2D eigenvalue weighted by Crippen LogP contribution is -2.35. The van der Waals surface area contributed by atoms with Crippen molar-refractivity contribution in [1.82, 2.24) is 4.98 Å². The lowest BCUT2D eigenvalue weighted by molar-refractivity contribution is -0.138. The third-order valence-electron chi connectivity index (χ3n) is 7.05. The molecular formula is C28H29F3N2O3.